The number of halogens is 3. The molecule has 2 N–H and O–H groups in total. The third kappa shape index (κ3) is 3.87. The van der Waals surface area contributed by atoms with E-state index in [2.05, 4.69) is 41.5 Å². The lowest BCUT2D eigenvalue weighted by atomic mass is 10.3. The number of nitrogens with zero attached hydrogens (tertiary/aromatic N) is 3. The molecule has 0 saturated heterocycles. The minimum Gasteiger partial charge on any atom is -0.467 e. The summed E-state index contributed by atoms with van der Waals surface area (Å²) in [7, 11) is 1.48. The van der Waals surface area contributed by atoms with Gasteiger partial charge in [-0.1, -0.05) is 23.2 Å². The summed E-state index contributed by atoms with van der Waals surface area (Å²) >= 11 is 15.6. The molecule has 0 radical (unpaired) electrons. The van der Waals surface area contributed by atoms with Crippen molar-refractivity contribution in [3.63, 3.8) is 0 Å². The number of ether oxygens (including phenoxy) is 1. The average molecular weight is 393 g/mol. The van der Waals surface area contributed by atoms with E-state index in [9.17, 15) is 0 Å². The van der Waals surface area contributed by atoms with Crippen molar-refractivity contribution in [3.8, 4) is 6.01 Å². The van der Waals surface area contributed by atoms with Crippen molar-refractivity contribution >= 4 is 56.7 Å². The van der Waals surface area contributed by atoms with Crippen LogP contribution in [0.25, 0.3) is 0 Å². The van der Waals surface area contributed by atoms with Gasteiger partial charge in [-0.3, -0.25) is 0 Å². The molecule has 0 aliphatic rings. The molecule has 0 bridgehead atoms. The molecule has 1 heterocycles. The molecule has 0 unspecified atom stereocenters. The zero-order valence-electron chi connectivity index (χ0n) is 11.2. The molecule has 112 valence electrons. The molecule has 1 aromatic heterocycles. The number of hydrogen-bond donors (Lipinski definition) is 2. The predicted molar refractivity (Wildman–Crippen MR) is 88.0 cm³/mol. The monoisotopic (exact) mass is 391 g/mol. The van der Waals surface area contributed by atoms with Gasteiger partial charge in [0.1, 0.15) is 0 Å². The van der Waals surface area contributed by atoms with E-state index < -0.39 is 0 Å². The van der Waals surface area contributed by atoms with Crippen molar-refractivity contribution in [2.75, 3.05) is 24.3 Å². The van der Waals surface area contributed by atoms with Gasteiger partial charge < -0.3 is 15.4 Å². The van der Waals surface area contributed by atoms with Gasteiger partial charge in [-0.15, -0.1) is 0 Å². The number of nitrogens with one attached hydrogen (secondary N) is 2. The summed E-state index contributed by atoms with van der Waals surface area (Å²) in [6.45, 7) is 2.62. The summed E-state index contributed by atoms with van der Waals surface area (Å²) < 4.78 is 5.75. The van der Waals surface area contributed by atoms with Crippen molar-refractivity contribution in [2.24, 2.45) is 0 Å². The van der Waals surface area contributed by atoms with Crippen LogP contribution in [0, 0.1) is 0 Å². The molecule has 1 aromatic carbocycles. The molecule has 0 amide bonds. The maximum Gasteiger partial charge on any atom is 0.322 e. The summed E-state index contributed by atoms with van der Waals surface area (Å²) in [5, 5.41) is 6.77. The Morgan fingerprint density at radius 3 is 2.52 bits per heavy atom. The van der Waals surface area contributed by atoms with E-state index in [0.29, 0.717) is 38.6 Å². The summed E-state index contributed by atoms with van der Waals surface area (Å²) in [5.74, 6) is 0.712. The Morgan fingerprint density at radius 2 is 1.86 bits per heavy atom. The van der Waals surface area contributed by atoms with Crippen molar-refractivity contribution in [3.05, 3.63) is 26.7 Å². The van der Waals surface area contributed by atoms with Gasteiger partial charge in [0, 0.05) is 11.0 Å². The second kappa shape index (κ2) is 7.11. The summed E-state index contributed by atoms with van der Waals surface area (Å²) in [4.78, 5) is 12.4. The highest BCUT2D eigenvalue weighted by Gasteiger charge is 2.11. The number of benzene rings is 1. The zero-order chi connectivity index (χ0) is 15.4. The molecular formula is C12H12BrCl2N5O. The van der Waals surface area contributed by atoms with Gasteiger partial charge in [0.15, 0.2) is 0 Å². The van der Waals surface area contributed by atoms with Gasteiger partial charge in [-0.05, 0) is 35.0 Å². The first-order valence-electron chi connectivity index (χ1n) is 5.99. The van der Waals surface area contributed by atoms with Gasteiger partial charge in [-0.25, -0.2) is 0 Å². The van der Waals surface area contributed by atoms with Crippen molar-refractivity contribution in [2.45, 2.75) is 6.92 Å². The van der Waals surface area contributed by atoms with E-state index in [0.717, 1.165) is 0 Å². The highest BCUT2D eigenvalue weighted by molar-refractivity contribution is 9.10. The molecule has 6 nitrogen and oxygen atoms in total. The Labute approximate surface area is 140 Å². The molecule has 9 heteroatoms. The van der Waals surface area contributed by atoms with E-state index in [1.807, 2.05) is 6.92 Å². The highest BCUT2D eigenvalue weighted by Crippen LogP contribution is 2.36. The van der Waals surface area contributed by atoms with Gasteiger partial charge in [0.25, 0.3) is 0 Å². The topological polar surface area (TPSA) is 72.0 Å². The SMILES string of the molecule is CCNc1nc(Nc2ccc(Br)c(Cl)c2Cl)nc(OC)n1. The van der Waals surface area contributed by atoms with Gasteiger partial charge in [-0.2, -0.15) is 15.0 Å². The van der Waals surface area contributed by atoms with Crippen LogP contribution in [-0.2, 0) is 0 Å². The first-order chi connectivity index (χ1) is 10.0. The van der Waals surface area contributed by atoms with Crippen LogP contribution < -0.4 is 15.4 Å². The minimum atomic E-state index is 0.197. The largest absolute Gasteiger partial charge is 0.467 e. The van der Waals surface area contributed by atoms with E-state index >= 15 is 0 Å². The highest BCUT2D eigenvalue weighted by atomic mass is 79.9. The molecule has 2 aromatic rings. The lowest BCUT2D eigenvalue weighted by molar-refractivity contribution is 0.379. The maximum atomic E-state index is 6.18. The van der Waals surface area contributed by atoms with Crippen LogP contribution in [0.2, 0.25) is 10.0 Å². The van der Waals surface area contributed by atoms with Crippen LogP contribution in [0.1, 0.15) is 6.92 Å². The standard InChI is InChI=1S/C12H12BrCl2N5O/c1-3-16-10-18-11(20-12(19-10)21-2)17-7-5-4-6(13)8(14)9(7)15/h4-5H,3H2,1-2H3,(H2,16,17,18,19,20). The molecule has 0 spiro atoms. The smallest absolute Gasteiger partial charge is 0.322 e. The van der Waals surface area contributed by atoms with Crippen LogP contribution in [0.3, 0.4) is 0 Å². The van der Waals surface area contributed by atoms with Crippen LogP contribution in [0.4, 0.5) is 17.6 Å². The van der Waals surface area contributed by atoms with Crippen molar-refractivity contribution < 1.29 is 4.74 Å². The maximum absolute atomic E-state index is 6.18. The van der Waals surface area contributed by atoms with Crippen LogP contribution in [0.15, 0.2) is 16.6 Å². The first-order valence-corrected chi connectivity index (χ1v) is 7.54. The number of methoxy groups -OCH3 is 1. The van der Waals surface area contributed by atoms with Crippen molar-refractivity contribution in [1.29, 1.82) is 0 Å². The number of rotatable bonds is 5. The Hall–Kier alpha value is -1.31. The van der Waals surface area contributed by atoms with Crippen LogP contribution in [-0.4, -0.2) is 28.6 Å². The molecule has 0 saturated carbocycles. The van der Waals surface area contributed by atoms with Gasteiger partial charge in [0.2, 0.25) is 11.9 Å². The lowest BCUT2D eigenvalue weighted by Gasteiger charge is -2.11. The number of anilines is 3. The average Bonchev–Trinajstić information content (AvgIpc) is 2.48. The second-order valence-electron chi connectivity index (χ2n) is 3.85. The summed E-state index contributed by atoms with van der Waals surface area (Å²) in [6, 6.07) is 3.74. The van der Waals surface area contributed by atoms with Gasteiger partial charge >= 0.3 is 6.01 Å². The summed E-state index contributed by atoms with van der Waals surface area (Å²) in [6.07, 6.45) is 0. The first kappa shape index (κ1) is 16.1. The fourth-order valence-electron chi connectivity index (χ4n) is 1.48. The molecule has 2 rings (SSSR count). The van der Waals surface area contributed by atoms with E-state index in [4.69, 9.17) is 27.9 Å². The fraction of sp³-hybridized carbons (Fsp3) is 0.250. The molecule has 0 aliphatic carbocycles. The minimum absolute atomic E-state index is 0.197. The van der Waals surface area contributed by atoms with Crippen LogP contribution in [0.5, 0.6) is 6.01 Å². The summed E-state index contributed by atoms with van der Waals surface area (Å²) in [5.41, 5.74) is 0.584. The lowest BCUT2D eigenvalue weighted by Crippen LogP contribution is -2.08. The second-order valence-corrected chi connectivity index (χ2v) is 5.46. The molecule has 0 atom stereocenters. The number of aromatic nitrogens is 3. The van der Waals surface area contributed by atoms with E-state index in [1.54, 1.807) is 12.1 Å². The third-order valence-corrected chi connectivity index (χ3v) is 4.19. The Bertz CT molecular complexity index is 656. The van der Waals surface area contributed by atoms with Crippen molar-refractivity contribution in [1.82, 2.24) is 15.0 Å². The quantitative estimate of drug-likeness (QED) is 0.745. The predicted octanol–water partition coefficient (Wildman–Crippen LogP) is 4.12. The molecule has 21 heavy (non-hydrogen) atoms. The van der Waals surface area contributed by atoms with E-state index in [-0.39, 0.29) is 6.01 Å². The zero-order valence-corrected chi connectivity index (χ0v) is 14.3. The Balaban J connectivity index is 2.34. The molecule has 0 aliphatic heterocycles. The third-order valence-electron chi connectivity index (χ3n) is 2.41. The molecular weight excluding hydrogens is 381 g/mol. The number of hydrogen-bond acceptors (Lipinski definition) is 6. The molecule has 0 fully saturated rings. The van der Waals surface area contributed by atoms with E-state index in [1.165, 1.54) is 7.11 Å². The van der Waals surface area contributed by atoms with Gasteiger partial charge in [0.05, 0.1) is 22.8 Å². The van der Waals surface area contributed by atoms with Crippen LogP contribution >= 0.6 is 39.1 Å². The normalized spacial score (nSPS) is 10.3. The Kier molecular flexibility index (Phi) is 5.44. The Morgan fingerprint density at radius 1 is 1.14 bits per heavy atom. The fourth-order valence-corrected chi connectivity index (χ4v) is 2.31.